The van der Waals surface area contributed by atoms with E-state index in [0.717, 1.165) is 94.2 Å². The minimum absolute atomic E-state index is 0.149. The largest absolute Gasteiger partial charge is 0.493 e. The minimum atomic E-state index is -0.954. The topological polar surface area (TPSA) is 90.3 Å². The lowest BCUT2D eigenvalue weighted by Gasteiger charge is -2.36. The van der Waals surface area contributed by atoms with Gasteiger partial charge in [-0.3, -0.25) is 9.69 Å². The summed E-state index contributed by atoms with van der Waals surface area (Å²) in [6, 6.07) is 18.6. The molecule has 246 valence electrons. The molecule has 3 aromatic rings. The number of allylic oxidation sites excluding steroid dienone is 1. The zero-order valence-electron chi connectivity index (χ0n) is 26.3. The van der Waals surface area contributed by atoms with E-state index in [1.807, 2.05) is 41.3 Å². The molecule has 1 unspecified atom stereocenters. The summed E-state index contributed by atoms with van der Waals surface area (Å²) in [4.78, 5) is 26.5. The van der Waals surface area contributed by atoms with Gasteiger partial charge in [0, 0.05) is 44.2 Å². The van der Waals surface area contributed by atoms with Crippen LogP contribution in [0.25, 0.3) is 6.08 Å². The summed E-state index contributed by atoms with van der Waals surface area (Å²) < 4.78 is 33.5. The molecule has 0 amide bonds. The molecule has 1 heterocycles. The number of nitrogens with zero attached hydrogens (tertiary/aromatic N) is 2. The summed E-state index contributed by atoms with van der Waals surface area (Å²) in [5, 5.41) is 18.2. The van der Waals surface area contributed by atoms with Crippen LogP contribution in [0, 0.1) is 17.6 Å². The van der Waals surface area contributed by atoms with Crippen molar-refractivity contribution in [2.75, 3.05) is 44.2 Å². The summed E-state index contributed by atoms with van der Waals surface area (Å²) in [5.74, 6) is -1.83. The van der Waals surface area contributed by atoms with E-state index in [1.54, 1.807) is 12.1 Å². The third kappa shape index (κ3) is 11.3. The SMILES string of the molecule is O=C(O)CCCCC(C=Cc1ccccc1OCCCCCN1CCN(c2ccc(F)cc2F)CC1)Cc1ccc(C(=O)O)cc1. The van der Waals surface area contributed by atoms with Gasteiger partial charge >= 0.3 is 11.9 Å². The molecule has 1 fully saturated rings. The molecule has 1 aliphatic heterocycles. The number of unbranched alkanes of at least 4 members (excludes halogenated alkanes) is 3. The third-order valence-corrected chi connectivity index (χ3v) is 8.38. The van der Waals surface area contributed by atoms with Gasteiger partial charge < -0.3 is 19.8 Å². The Morgan fingerprint density at radius 1 is 0.870 bits per heavy atom. The molecule has 0 bridgehead atoms. The van der Waals surface area contributed by atoms with Crippen molar-refractivity contribution < 1.29 is 33.3 Å². The van der Waals surface area contributed by atoms with Crippen molar-refractivity contribution in [2.45, 2.75) is 51.4 Å². The van der Waals surface area contributed by atoms with Crippen LogP contribution in [0.2, 0.25) is 0 Å². The van der Waals surface area contributed by atoms with Crippen LogP contribution >= 0.6 is 0 Å². The molecular weight excluding hydrogens is 590 g/mol. The van der Waals surface area contributed by atoms with E-state index >= 15 is 0 Å². The number of carboxylic acid groups (broad SMARTS) is 2. The molecule has 0 aromatic heterocycles. The Morgan fingerprint density at radius 3 is 2.35 bits per heavy atom. The van der Waals surface area contributed by atoms with Crippen LogP contribution in [0.1, 0.15) is 66.4 Å². The number of ether oxygens (including phenoxy) is 1. The first-order chi connectivity index (χ1) is 22.3. The van der Waals surface area contributed by atoms with Gasteiger partial charge in [0.2, 0.25) is 0 Å². The lowest BCUT2D eigenvalue weighted by molar-refractivity contribution is -0.137. The number of aromatic carboxylic acids is 1. The molecule has 2 N–H and O–H groups in total. The van der Waals surface area contributed by atoms with Crippen LogP contribution < -0.4 is 9.64 Å². The highest BCUT2D eigenvalue weighted by molar-refractivity contribution is 5.87. The van der Waals surface area contributed by atoms with Gasteiger partial charge in [0.25, 0.3) is 0 Å². The molecule has 7 nitrogen and oxygen atoms in total. The smallest absolute Gasteiger partial charge is 0.335 e. The normalized spacial score (nSPS) is 14.4. The second-order valence-corrected chi connectivity index (χ2v) is 11.8. The Morgan fingerprint density at radius 2 is 1.63 bits per heavy atom. The maximum Gasteiger partial charge on any atom is 0.335 e. The van der Waals surface area contributed by atoms with E-state index < -0.39 is 23.6 Å². The van der Waals surface area contributed by atoms with Crippen LogP contribution in [0.3, 0.4) is 0 Å². The zero-order chi connectivity index (χ0) is 32.7. The lowest BCUT2D eigenvalue weighted by Crippen LogP contribution is -2.46. The van der Waals surface area contributed by atoms with Crippen molar-refractivity contribution in [2.24, 2.45) is 5.92 Å². The first kappa shape index (κ1) is 34.6. The molecule has 0 spiro atoms. The third-order valence-electron chi connectivity index (χ3n) is 8.38. The van der Waals surface area contributed by atoms with Gasteiger partial charge in [-0.2, -0.15) is 0 Å². The van der Waals surface area contributed by atoms with Crippen LogP contribution in [-0.2, 0) is 11.2 Å². The van der Waals surface area contributed by atoms with Gasteiger partial charge in [-0.15, -0.1) is 0 Å². The van der Waals surface area contributed by atoms with E-state index in [-0.39, 0.29) is 17.9 Å². The highest BCUT2D eigenvalue weighted by Gasteiger charge is 2.19. The van der Waals surface area contributed by atoms with Crippen molar-refractivity contribution in [3.05, 3.63) is 101 Å². The number of aliphatic carboxylic acids is 1. The Bertz CT molecular complexity index is 1440. The molecule has 0 radical (unpaired) electrons. The maximum atomic E-state index is 14.1. The van der Waals surface area contributed by atoms with E-state index in [4.69, 9.17) is 9.84 Å². The molecule has 0 saturated carbocycles. The summed E-state index contributed by atoms with van der Waals surface area (Å²) in [7, 11) is 0. The van der Waals surface area contributed by atoms with Crippen LogP contribution in [0.5, 0.6) is 5.75 Å². The second kappa shape index (κ2) is 18.0. The number of piperazine rings is 1. The van der Waals surface area contributed by atoms with Crippen molar-refractivity contribution in [1.29, 1.82) is 0 Å². The Balaban J connectivity index is 1.22. The Hall–Kier alpha value is -4.24. The molecule has 46 heavy (non-hydrogen) atoms. The van der Waals surface area contributed by atoms with E-state index in [0.29, 0.717) is 18.7 Å². The minimum Gasteiger partial charge on any atom is -0.493 e. The highest BCUT2D eigenvalue weighted by Crippen LogP contribution is 2.25. The predicted molar refractivity (Wildman–Crippen MR) is 177 cm³/mol. The van der Waals surface area contributed by atoms with Crippen molar-refractivity contribution in [1.82, 2.24) is 4.90 Å². The van der Waals surface area contributed by atoms with Crippen molar-refractivity contribution in [3.8, 4) is 5.75 Å². The number of anilines is 1. The van der Waals surface area contributed by atoms with Crippen LogP contribution in [0.15, 0.2) is 72.8 Å². The molecule has 1 saturated heterocycles. The zero-order valence-corrected chi connectivity index (χ0v) is 26.3. The molecule has 1 atom stereocenters. The number of carbonyl (C=O) groups is 2. The van der Waals surface area contributed by atoms with Gasteiger partial charge in [0.1, 0.15) is 17.4 Å². The summed E-state index contributed by atoms with van der Waals surface area (Å²) >= 11 is 0. The standard InChI is InChI=1S/C37H44F2N2O5/c38-32-18-19-34(33(39)27-32)41-23-21-40(22-24-41)20-6-1-7-25-46-35-10-4-3-9-30(35)15-12-28(8-2-5-11-36(42)43)26-29-13-16-31(17-14-29)37(44)45/h3-4,9-10,12-19,27-28H,1-2,5-8,11,20-26H2,(H,42,43)(H,44,45). The quantitative estimate of drug-likeness (QED) is 0.140. The van der Waals surface area contributed by atoms with Gasteiger partial charge in [0.05, 0.1) is 17.9 Å². The average molecular weight is 635 g/mol. The average Bonchev–Trinajstić information content (AvgIpc) is 3.04. The number of benzene rings is 3. The first-order valence-electron chi connectivity index (χ1n) is 16.1. The van der Waals surface area contributed by atoms with Gasteiger partial charge in [-0.25, -0.2) is 13.6 Å². The van der Waals surface area contributed by atoms with Crippen LogP contribution in [0.4, 0.5) is 14.5 Å². The fourth-order valence-electron chi connectivity index (χ4n) is 5.77. The Labute approximate surface area is 270 Å². The van der Waals surface area contributed by atoms with Crippen molar-refractivity contribution >= 4 is 23.7 Å². The summed E-state index contributed by atoms with van der Waals surface area (Å²) in [5.41, 5.74) is 2.73. The fourth-order valence-corrected chi connectivity index (χ4v) is 5.77. The Kier molecular flexibility index (Phi) is 13.6. The second-order valence-electron chi connectivity index (χ2n) is 11.8. The molecule has 9 heteroatoms. The predicted octanol–water partition coefficient (Wildman–Crippen LogP) is 7.55. The first-order valence-corrected chi connectivity index (χ1v) is 16.1. The van der Waals surface area contributed by atoms with Gasteiger partial charge in [-0.1, -0.05) is 48.9 Å². The molecule has 4 rings (SSSR count). The number of hydrogen-bond donors (Lipinski definition) is 2. The number of halogens is 2. The highest BCUT2D eigenvalue weighted by atomic mass is 19.1. The fraction of sp³-hybridized carbons (Fsp3) is 0.405. The number of carboxylic acids is 2. The maximum absolute atomic E-state index is 14.1. The van der Waals surface area contributed by atoms with Gasteiger partial charge in [-0.05, 0) is 86.9 Å². The molecule has 0 aliphatic carbocycles. The number of hydrogen-bond acceptors (Lipinski definition) is 5. The van der Waals surface area contributed by atoms with E-state index in [2.05, 4.69) is 17.1 Å². The molecule has 1 aliphatic rings. The monoisotopic (exact) mass is 634 g/mol. The summed E-state index contributed by atoms with van der Waals surface area (Å²) in [6.45, 7) is 4.72. The number of para-hydroxylation sites is 1. The molecule has 3 aromatic carbocycles. The van der Waals surface area contributed by atoms with E-state index in [1.165, 1.54) is 12.1 Å². The summed E-state index contributed by atoms with van der Waals surface area (Å²) in [6.07, 6.45) is 10.3. The molecular formula is C37H44F2N2O5. The lowest BCUT2D eigenvalue weighted by atomic mass is 9.92. The number of rotatable bonds is 18. The van der Waals surface area contributed by atoms with E-state index in [9.17, 15) is 23.5 Å². The van der Waals surface area contributed by atoms with Gasteiger partial charge in [0.15, 0.2) is 0 Å². The van der Waals surface area contributed by atoms with Crippen LogP contribution in [-0.4, -0.2) is 66.4 Å². The van der Waals surface area contributed by atoms with Crippen molar-refractivity contribution in [3.63, 3.8) is 0 Å².